The molecule has 11 heteroatoms. The molecule has 0 bridgehead atoms. The van der Waals surface area contributed by atoms with Crippen LogP contribution in [0.25, 0.3) is 11.1 Å². The highest BCUT2D eigenvalue weighted by Crippen LogP contribution is 2.36. The molecule has 2 heterocycles. The number of benzene rings is 1. The summed E-state index contributed by atoms with van der Waals surface area (Å²) < 4.78 is 51.1. The van der Waals surface area contributed by atoms with Gasteiger partial charge in [0.25, 0.3) is 11.5 Å². The van der Waals surface area contributed by atoms with E-state index in [2.05, 4.69) is 0 Å². The number of aromatic nitrogens is 1. The lowest BCUT2D eigenvalue weighted by atomic mass is 10.0. The van der Waals surface area contributed by atoms with E-state index in [1.807, 2.05) is 0 Å². The van der Waals surface area contributed by atoms with Crippen molar-refractivity contribution in [3.63, 3.8) is 0 Å². The molecule has 1 saturated heterocycles. The van der Waals surface area contributed by atoms with E-state index in [9.17, 15) is 27.6 Å². The van der Waals surface area contributed by atoms with Gasteiger partial charge in [-0.25, -0.2) is 4.79 Å². The van der Waals surface area contributed by atoms with Crippen LogP contribution in [0.5, 0.6) is 5.75 Å². The minimum Gasteiger partial charge on any atom is -0.490 e. The van der Waals surface area contributed by atoms with Crippen molar-refractivity contribution in [3.8, 4) is 16.9 Å². The first-order valence-corrected chi connectivity index (χ1v) is 9.95. The van der Waals surface area contributed by atoms with Gasteiger partial charge in [0.15, 0.2) is 6.10 Å². The summed E-state index contributed by atoms with van der Waals surface area (Å²) in [5.74, 6) is -0.235. The van der Waals surface area contributed by atoms with Crippen LogP contribution in [0, 0.1) is 5.92 Å². The van der Waals surface area contributed by atoms with Crippen LogP contribution < -0.4 is 16.0 Å². The molecule has 1 aliphatic carbocycles. The number of rotatable bonds is 7. The molecule has 1 aliphatic heterocycles. The summed E-state index contributed by atoms with van der Waals surface area (Å²) in [6.45, 7) is 1.21. The van der Waals surface area contributed by atoms with E-state index in [4.69, 9.17) is 15.2 Å². The highest BCUT2D eigenvalue weighted by molar-refractivity contribution is 5.94. The number of nitrogens with two attached hydrogens (primary N) is 1. The normalized spacial score (nSPS) is 18.5. The lowest BCUT2D eigenvalue weighted by Gasteiger charge is -2.15. The molecule has 2 fully saturated rings. The highest BCUT2D eigenvalue weighted by Gasteiger charge is 2.37. The minimum absolute atomic E-state index is 0.102. The summed E-state index contributed by atoms with van der Waals surface area (Å²) in [6.07, 6.45) is -3.43. The van der Waals surface area contributed by atoms with E-state index >= 15 is 0 Å². The number of carbonyl (C=O) groups is 2. The maximum atomic E-state index is 13.4. The maximum Gasteiger partial charge on any atom is 0.431 e. The van der Waals surface area contributed by atoms with Crippen LogP contribution in [0.4, 0.5) is 18.0 Å². The van der Waals surface area contributed by atoms with Crippen molar-refractivity contribution in [1.29, 1.82) is 0 Å². The molecular formula is C21H20F3N3O5. The summed E-state index contributed by atoms with van der Waals surface area (Å²) in [6, 6.07) is 6.45. The molecule has 4 rings (SSSR count). The number of carbonyl (C=O) groups excluding carboxylic acids is 2. The van der Waals surface area contributed by atoms with E-state index in [0.717, 1.165) is 18.9 Å². The fourth-order valence-corrected chi connectivity index (χ4v) is 3.51. The SMILES string of the molecule is NC(=O)c1cc(-c2ccc(OCC3CN(CC4CC4)C(=O)O3)cc2)c(C(F)(F)F)[nH]c1=O. The quantitative estimate of drug-likeness (QED) is 0.672. The number of halogens is 3. The van der Waals surface area contributed by atoms with Gasteiger partial charge in [0.2, 0.25) is 0 Å². The molecular weight excluding hydrogens is 431 g/mol. The zero-order valence-electron chi connectivity index (χ0n) is 16.8. The van der Waals surface area contributed by atoms with Gasteiger partial charge in [-0.2, -0.15) is 13.2 Å². The van der Waals surface area contributed by atoms with Crippen molar-refractivity contribution in [3.05, 3.63) is 51.9 Å². The molecule has 170 valence electrons. The fraction of sp³-hybridized carbons (Fsp3) is 0.381. The molecule has 2 amide bonds. The van der Waals surface area contributed by atoms with Gasteiger partial charge in [0.05, 0.1) is 6.54 Å². The number of H-pyrrole nitrogens is 1. The average Bonchev–Trinajstić information content (AvgIpc) is 3.48. The van der Waals surface area contributed by atoms with E-state index in [1.54, 1.807) is 9.88 Å². The van der Waals surface area contributed by atoms with Crippen LogP contribution in [0.15, 0.2) is 35.1 Å². The van der Waals surface area contributed by atoms with Crippen molar-refractivity contribution in [2.24, 2.45) is 11.7 Å². The zero-order chi connectivity index (χ0) is 23.0. The average molecular weight is 451 g/mol. The number of nitrogens with zero attached hydrogens (tertiary/aromatic N) is 1. The van der Waals surface area contributed by atoms with E-state index < -0.39 is 40.6 Å². The lowest BCUT2D eigenvalue weighted by Crippen LogP contribution is -2.28. The summed E-state index contributed by atoms with van der Waals surface area (Å²) in [7, 11) is 0. The first-order chi connectivity index (χ1) is 15.1. The van der Waals surface area contributed by atoms with Crippen LogP contribution in [0.2, 0.25) is 0 Å². The third kappa shape index (κ3) is 4.71. The van der Waals surface area contributed by atoms with Gasteiger partial charge in [0, 0.05) is 12.1 Å². The third-order valence-corrected chi connectivity index (χ3v) is 5.32. The second kappa shape index (κ2) is 8.21. The molecule has 1 saturated carbocycles. The first kappa shape index (κ1) is 21.7. The Balaban J connectivity index is 1.48. The monoisotopic (exact) mass is 451 g/mol. The number of amides is 2. The van der Waals surface area contributed by atoms with Gasteiger partial charge in [-0.1, -0.05) is 12.1 Å². The van der Waals surface area contributed by atoms with Crippen molar-refractivity contribution < 1.29 is 32.2 Å². The predicted molar refractivity (Wildman–Crippen MR) is 106 cm³/mol. The second-order valence-corrected chi connectivity index (χ2v) is 7.85. The van der Waals surface area contributed by atoms with Gasteiger partial charge < -0.3 is 25.1 Å². The molecule has 0 spiro atoms. The molecule has 2 aromatic rings. The standard InChI is InChI=1S/C21H20F3N3O5/c22-21(23,24)17-15(7-16(18(25)28)19(29)26-17)12-3-5-13(6-4-12)31-10-14-9-27(20(30)32-14)8-11-1-2-11/h3-7,11,14H,1-2,8-10H2,(H2,25,28)(H,26,29). The third-order valence-electron chi connectivity index (χ3n) is 5.32. The molecule has 2 aliphatic rings. The molecule has 3 N–H and O–H groups in total. The summed E-state index contributed by atoms with van der Waals surface area (Å²) in [5, 5.41) is 0. The fourth-order valence-electron chi connectivity index (χ4n) is 3.51. The maximum absolute atomic E-state index is 13.4. The Kier molecular flexibility index (Phi) is 5.57. The molecule has 1 unspecified atom stereocenters. The predicted octanol–water partition coefficient (Wildman–Crippen LogP) is 2.77. The molecule has 8 nitrogen and oxygen atoms in total. The number of ether oxygens (including phenoxy) is 2. The Labute approximate surface area is 180 Å². The number of cyclic esters (lactones) is 1. The second-order valence-electron chi connectivity index (χ2n) is 7.85. The van der Waals surface area contributed by atoms with E-state index in [1.165, 1.54) is 24.3 Å². The van der Waals surface area contributed by atoms with Crippen molar-refractivity contribution >= 4 is 12.0 Å². The molecule has 32 heavy (non-hydrogen) atoms. The Morgan fingerprint density at radius 3 is 2.50 bits per heavy atom. The van der Waals surface area contributed by atoms with Crippen LogP contribution in [-0.2, 0) is 10.9 Å². The highest BCUT2D eigenvalue weighted by atomic mass is 19.4. The van der Waals surface area contributed by atoms with Crippen LogP contribution in [0.3, 0.4) is 0 Å². The summed E-state index contributed by atoms with van der Waals surface area (Å²) >= 11 is 0. The lowest BCUT2D eigenvalue weighted by molar-refractivity contribution is -0.140. The van der Waals surface area contributed by atoms with Gasteiger partial charge in [-0.3, -0.25) is 9.59 Å². The summed E-state index contributed by atoms with van der Waals surface area (Å²) in [4.78, 5) is 38.4. The number of hydrogen-bond acceptors (Lipinski definition) is 5. The van der Waals surface area contributed by atoms with Gasteiger partial charge in [-0.15, -0.1) is 0 Å². The Morgan fingerprint density at radius 1 is 1.22 bits per heavy atom. The first-order valence-electron chi connectivity index (χ1n) is 9.95. The number of hydrogen-bond donors (Lipinski definition) is 2. The van der Waals surface area contributed by atoms with E-state index in [0.29, 0.717) is 24.8 Å². The van der Waals surface area contributed by atoms with Crippen molar-refractivity contribution in [1.82, 2.24) is 9.88 Å². The minimum atomic E-state index is -4.85. The molecule has 0 radical (unpaired) electrons. The van der Waals surface area contributed by atoms with E-state index in [-0.39, 0.29) is 18.3 Å². The van der Waals surface area contributed by atoms with Crippen LogP contribution >= 0.6 is 0 Å². The van der Waals surface area contributed by atoms with Gasteiger partial charge in [0.1, 0.15) is 23.6 Å². The zero-order valence-corrected chi connectivity index (χ0v) is 16.8. The number of pyridine rings is 1. The van der Waals surface area contributed by atoms with Gasteiger partial charge in [-0.05, 0) is 42.5 Å². The Bertz CT molecular complexity index is 1090. The summed E-state index contributed by atoms with van der Waals surface area (Å²) in [5.41, 5.74) is 1.73. The number of primary amides is 1. The molecule has 1 aromatic heterocycles. The molecule has 1 aromatic carbocycles. The Morgan fingerprint density at radius 2 is 1.91 bits per heavy atom. The number of nitrogens with one attached hydrogen (secondary N) is 1. The largest absolute Gasteiger partial charge is 0.490 e. The van der Waals surface area contributed by atoms with Crippen LogP contribution in [0.1, 0.15) is 28.9 Å². The van der Waals surface area contributed by atoms with Crippen LogP contribution in [-0.4, -0.2) is 47.7 Å². The topological polar surface area (TPSA) is 115 Å². The van der Waals surface area contributed by atoms with Crippen molar-refractivity contribution in [2.45, 2.75) is 25.1 Å². The number of alkyl halides is 3. The smallest absolute Gasteiger partial charge is 0.431 e. The van der Waals surface area contributed by atoms with Gasteiger partial charge >= 0.3 is 12.3 Å². The number of aromatic amines is 1. The Hall–Kier alpha value is -3.50. The van der Waals surface area contributed by atoms with Crippen molar-refractivity contribution in [2.75, 3.05) is 19.7 Å². The molecule has 1 atom stereocenters.